The van der Waals surface area contributed by atoms with E-state index in [0.29, 0.717) is 32.5 Å². The van der Waals surface area contributed by atoms with E-state index in [4.69, 9.17) is 4.18 Å². The first-order valence-electron chi connectivity index (χ1n) is 10.6. The summed E-state index contributed by atoms with van der Waals surface area (Å²) in [6.45, 7) is 3.67. The van der Waals surface area contributed by atoms with E-state index < -0.39 is 15.5 Å². The molecule has 2 aromatic carbocycles. The molecule has 32 heavy (non-hydrogen) atoms. The van der Waals surface area contributed by atoms with Crippen LogP contribution in [0, 0.1) is 23.7 Å². The predicted octanol–water partition coefficient (Wildman–Crippen LogP) is 3.76. The molecule has 0 spiro atoms. The van der Waals surface area contributed by atoms with E-state index in [1.807, 2.05) is 42.1 Å². The first kappa shape index (κ1) is 22.1. The van der Waals surface area contributed by atoms with Crippen molar-refractivity contribution < 1.29 is 12.6 Å². The van der Waals surface area contributed by atoms with Gasteiger partial charge in [0, 0.05) is 25.4 Å². The van der Waals surface area contributed by atoms with Crippen molar-refractivity contribution in [3.63, 3.8) is 0 Å². The summed E-state index contributed by atoms with van der Waals surface area (Å²) in [7, 11) is -3.90. The molecular formula is C24H26N4O3S. The molecule has 0 unspecified atom stereocenters. The lowest BCUT2D eigenvalue weighted by molar-refractivity contribution is 0.170. The highest BCUT2D eigenvalue weighted by atomic mass is 32.2. The third kappa shape index (κ3) is 5.01. The lowest BCUT2D eigenvalue weighted by Crippen LogP contribution is -2.42. The second-order valence-corrected chi connectivity index (χ2v) is 9.88. The lowest BCUT2D eigenvalue weighted by atomic mass is 9.81. The van der Waals surface area contributed by atoms with Gasteiger partial charge in [-0.2, -0.15) is 18.8 Å². The molecule has 1 fully saturated rings. The summed E-state index contributed by atoms with van der Waals surface area (Å²) in [5, 5.41) is 14.5. The lowest BCUT2D eigenvalue weighted by Gasteiger charge is -2.36. The highest BCUT2D eigenvalue weighted by molar-refractivity contribution is 7.86. The fourth-order valence-electron chi connectivity index (χ4n) is 3.79. The van der Waals surface area contributed by atoms with Gasteiger partial charge in [0.2, 0.25) is 0 Å². The molecule has 0 N–H and O–H groups in total. The van der Waals surface area contributed by atoms with Gasteiger partial charge in [-0.05, 0) is 37.5 Å². The maximum atomic E-state index is 12.5. The van der Waals surface area contributed by atoms with Crippen molar-refractivity contribution in [1.82, 2.24) is 9.78 Å². The standard InChI is InChI=1S/C24H26N4O3S/c1-20-7-9-22(10-8-20)32(29,30)31-19-24(18-25)12-15-27(16-13-24)23-11-14-28(26-23)17-21-5-3-2-4-6-21/h2-11,14H,12-13,15-17,19H2,1H3. The molecule has 2 heterocycles. The van der Waals surface area contributed by atoms with Crippen molar-refractivity contribution >= 4 is 15.9 Å². The Hall–Kier alpha value is -3.15. The van der Waals surface area contributed by atoms with E-state index >= 15 is 0 Å². The molecule has 166 valence electrons. The molecule has 0 aliphatic carbocycles. The van der Waals surface area contributed by atoms with Crippen molar-refractivity contribution in [1.29, 1.82) is 5.26 Å². The summed E-state index contributed by atoms with van der Waals surface area (Å²) < 4.78 is 32.3. The van der Waals surface area contributed by atoms with Gasteiger partial charge in [-0.3, -0.25) is 8.86 Å². The average molecular weight is 451 g/mol. The van der Waals surface area contributed by atoms with Crippen LogP contribution < -0.4 is 4.90 Å². The Morgan fingerprint density at radius 3 is 2.41 bits per heavy atom. The predicted molar refractivity (Wildman–Crippen MR) is 122 cm³/mol. The zero-order valence-corrected chi connectivity index (χ0v) is 18.8. The maximum absolute atomic E-state index is 12.5. The Balaban J connectivity index is 1.36. The van der Waals surface area contributed by atoms with Crippen LogP contribution in [0.15, 0.2) is 71.8 Å². The molecule has 3 aromatic rings. The number of nitrogens with zero attached hydrogens (tertiary/aromatic N) is 4. The number of rotatable bonds is 7. The zero-order valence-electron chi connectivity index (χ0n) is 18.0. The summed E-state index contributed by atoms with van der Waals surface area (Å²) in [5.41, 5.74) is 1.31. The normalized spacial score (nSPS) is 15.9. The molecule has 8 heteroatoms. The van der Waals surface area contributed by atoms with Gasteiger partial charge in [0.25, 0.3) is 10.1 Å². The van der Waals surface area contributed by atoms with Crippen LogP contribution >= 0.6 is 0 Å². The molecule has 1 saturated heterocycles. The fourth-order valence-corrected chi connectivity index (χ4v) is 4.78. The summed E-state index contributed by atoms with van der Waals surface area (Å²) in [5.74, 6) is 0.862. The molecule has 1 aliphatic rings. The minimum absolute atomic E-state index is 0.109. The number of benzene rings is 2. The number of aryl methyl sites for hydroxylation is 1. The molecule has 0 radical (unpaired) electrons. The van der Waals surface area contributed by atoms with Crippen LogP contribution in [0.4, 0.5) is 5.82 Å². The second kappa shape index (κ2) is 9.15. The second-order valence-electron chi connectivity index (χ2n) is 8.27. The minimum Gasteiger partial charge on any atom is -0.355 e. The number of anilines is 1. The Morgan fingerprint density at radius 1 is 1.06 bits per heavy atom. The molecule has 1 aromatic heterocycles. The molecule has 0 amide bonds. The summed E-state index contributed by atoms with van der Waals surface area (Å²) in [6.07, 6.45) is 2.97. The Labute approximate surface area is 189 Å². The van der Waals surface area contributed by atoms with E-state index in [-0.39, 0.29) is 11.5 Å². The molecule has 0 bridgehead atoms. The van der Waals surface area contributed by atoms with E-state index in [1.165, 1.54) is 17.7 Å². The van der Waals surface area contributed by atoms with E-state index in [1.54, 1.807) is 12.1 Å². The summed E-state index contributed by atoms with van der Waals surface area (Å²) >= 11 is 0. The molecule has 4 rings (SSSR count). The molecular weight excluding hydrogens is 424 g/mol. The van der Waals surface area contributed by atoms with Gasteiger partial charge < -0.3 is 4.90 Å². The fraction of sp³-hybridized carbons (Fsp3) is 0.333. The van der Waals surface area contributed by atoms with Gasteiger partial charge in [0.15, 0.2) is 5.82 Å². The third-order valence-electron chi connectivity index (χ3n) is 5.90. The Kier molecular flexibility index (Phi) is 6.31. The Morgan fingerprint density at radius 2 is 1.75 bits per heavy atom. The smallest absolute Gasteiger partial charge is 0.297 e. The van der Waals surface area contributed by atoms with Gasteiger partial charge in [0.1, 0.15) is 0 Å². The topological polar surface area (TPSA) is 88.2 Å². The van der Waals surface area contributed by atoms with E-state index in [0.717, 1.165) is 11.4 Å². The van der Waals surface area contributed by atoms with Crippen LogP contribution in [0.2, 0.25) is 0 Å². The first-order chi connectivity index (χ1) is 15.4. The van der Waals surface area contributed by atoms with Crippen LogP contribution in [0.3, 0.4) is 0 Å². The van der Waals surface area contributed by atoms with Crippen molar-refractivity contribution in [2.24, 2.45) is 5.41 Å². The largest absolute Gasteiger partial charge is 0.355 e. The molecule has 0 saturated carbocycles. The summed E-state index contributed by atoms with van der Waals surface area (Å²) in [6, 6.07) is 20.9. The van der Waals surface area contributed by atoms with Crippen LogP contribution in [0.5, 0.6) is 0 Å². The highest BCUT2D eigenvalue weighted by Crippen LogP contribution is 2.34. The Bertz CT molecular complexity index is 1190. The quantitative estimate of drug-likeness (QED) is 0.510. The average Bonchev–Trinajstić information content (AvgIpc) is 3.27. The van der Waals surface area contributed by atoms with Crippen LogP contribution in [0.25, 0.3) is 0 Å². The van der Waals surface area contributed by atoms with Crippen molar-refractivity contribution in [2.45, 2.75) is 31.2 Å². The summed E-state index contributed by atoms with van der Waals surface area (Å²) in [4.78, 5) is 2.24. The number of nitriles is 1. The van der Waals surface area contributed by atoms with Crippen LogP contribution in [-0.4, -0.2) is 37.9 Å². The van der Waals surface area contributed by atoms with Crippen molar-refractivity contribution in [2.75, 3.05) is 24.6 Å². The number of piperidine rings is 1. The number of hydrogen-bond acceptors (Lipinski definition) is 6. The van der Waals surface area contributed by atoms with Gasteiger partial charge in [0.05, 0.1) is 29.5 Å². The van der Waals surface area contributed by atoms with Crippen LogP contribution in [-0.2, 0) is 20.8 Å². The highest BCUT2D eigenvalue weighted by Gasteiger charge is 2.37. The molecule has 7 nitrogen and oxygen atoms in total. The van der Waals surface area contributed by atoms with Crippen molar-refractivity contribution in [3.05, 3.63) is 78.0 Å². The zero-order chi connectivity index (χ0) is 22.6. The monoisotopic (exact) mass is 450 g/mol. The van der Waals surface area contributed by atoms with Gasteiger partial charge >= 0.3 is 0 Å². The van der Waals surface area contributed by atoms with Gasteiger partial charge in [-0.1, -0.05) is 48.0 Å². The van der Waals surface area contributed by atoms with E-state index in [2.05, 4.69) is 28.2 Å². The molecule has 0 atom stereocenters. The molecule has 1 aliphatic heterocycles. The van der Waals surface area contributed by atoms with Crippen LogP contribution in [0.1, 0.15) is 24.0 Å². The number of aromatic nitrogens is 2. The minimum atomic E-state index is -3.90. The van der Waals surface area contributed by atoms with E-state index in [9.17, 15) is 13.7 Å². The van der Waals surface area contributed by atoms with Crippen molar-refractivity contribution in [3.8, 4) is 6.07 Å². The first-order valence-corrected chi connectivity index (χ1v) is 12.0. The number of hydrogen-bond donors (Lipinski definition) is 0. The third-order valence-corrected chi connectivity index (χ3v) is 7.17. The van der Waals surface area contributed by atoms with Gasteiger partial charge in [-0.25, -0.2) is 0 Å². The SMILES string of the molecule is Cc1ccc(S(=O)(=O)OCC2(C#N)CCN(c3ccn(Cc4ccccc4)n3)CC2)cc1. The van der Waals surface area contributed by atoms with Gasteiger partial charge in [-0.15, -0.1) is 0 Å². The maximum Gasteiger partial charge on any atom is 0.297 e.